The van der Waals surface area contributed by atoms with E-state index in [-0.39, 0.29) is 11.3 Å². The van der Waals surface area contributed by atoms with Gasteiger partial charge in [-0.05, 0) is 74.9 Å². The van der Waals surface area contributed by atoms with Crippen LogP contribution < -0.4 is 9.80 Å². The molecule has 6 nitrogen and oxygen atoms in total. The highest BCUT2D eigenvalue weighted by Gasteiger charge is 2.45. The van der Waals surface area contributed by atoms with Crippen molar-refractivity contribution in [2.24, 2.45) is 0 Å². The smallest absolute Gasteiger partial charge is 0.294 e. The van der Waals surface area contributed by atoms with Gasteiger partial charge in [0.1, 0.15) is 5.58 Å². The summed E-state index contributed by atoms with van der Waals surface area (Å²) in [6.45, 7) is 7.82. The molecule has 1 atom stereocenters. The highest BCUT2D eigenvalue weighted by atomic mass is 35.5. The van der Waals surface area contributed by atoms with E-state index in [9.17, 15) is 14.7 Å². The number of benzene rings is 3. The first kappa shape index (κ1) is 24.7. The van der Waals surface area contributed by atoms with E-state index in [1.807, 2.05) is 55.5 Å². The third-order valence-electron chi connectivity index (χ3n) is 6.77. The summed E-state index contributed by atoms with van der Waals surface area (Å²) in [6, 6.07) is 21.0. The van der Waals surface area contributed by atoms with Gasteiger partial charge < -0.3 is 14.4 Å². The highest BCUT2D eigenvalue weighted by Crippen LogP contribution is 2.43. The van der Waals surface area contributed by atoms with Gasteiger partial charge in [-0.15, -0.1) is 0 Å². The summed E-state index contributed by atoms with van der Waals surface area (Å²) in [5, 5.41) is 12.2. The summed E-state index contributed by atoms with van der Waals surface area (Å²) in [5.74, 6) is -1.73. The number of aliphatic hydroxyl groups is 1. The van der Waals surface area contributed by atoms with Crippen LogP contribution in [0.2, 0.25) is 5.02 Å². The fourth-order valence-electron chi connectivity index (χ4n) is 4.93. The van der Waals surface area contributed by atoms with E-state index >= 15 is 0 Å². The third-order valence-corrected chi connectivity index (χ3v) is 7.00. The third kappa shape index (κ3) is 4.38. The van der Waals surface area contributed by atoms with Gasteiger partial charge in [0, 0.05) is 34.9 Å². The number of Topliss-reactive ketones (excluding diaryl/α,β-unsaturated/α-hetero) is 1. The van der Waals surface area contributed by atoms with Gasteiger partial charge in [0.05, 0.1) is 11.6 Å². The fourth-order valence-corrected chi connectivity index (χ4v) is 5.11. The zero-order valence-electron chi connectivity index (χ0n) is 20.9. The Bertz CT molecular complexity index is 1530. The molecule has 1 unspecified atom stereocenters. The first-order valence-electron chi connectivity index (χ1n) is 12.2. The summed E-state index contributed by atoms with van der Waals surface area (Å²) in [6.07, 6.45) is 0. The maximum absolute atomic E-state index is 13.8. The predicted molar refractivity (Wildman–Crippen MR) is 147 cm³/mol. The first-order valence-corrected chi connectivity index (χ1v) is 12.6. The van der Waals surface area contributed by atoms with Crippen LogP contribution in [0, 0.1) is 6.92 Å². The molecule has 7 heteroatoms. The number of hydrogen-bond donors (Lipinski definition) is 1. The molecule has 3 aromatic carbocycles. The minimum atomic E-state index is -0.823. The number of ketones is 1. The molecule has 1 aromatic heterocycles. The number of anilines is 2. The molecule has 37 heavy (non-hydrogen) atoms. The van der Waals surface area contributed by atoms with Gasteiger partial charge >= 0.3 is 0 Å². The molecule has 188 valence electrons. The number of carbonyl (C=O) groups excluding carboxylic acids is 2. The Morgan fingerprint density at radius 3 is 2.43 bits per heavy atom. The van der Waals surface area contributed by atoms with E-state index < -0.39 is 23.5 Å². The van der Waals surface area contributed by atoms with Crippen molar-refractivity contribution in [2.75, 3.05) is 22.9 Å². The summed E-state index contributed by atoms with van der Waals surface area (Å²) >= 11 is 6.10. The standard InChI is InChI=1S/C30H27ClN2O4/c1-4-32(5-2)22-10-12-23(13-11-22)33-27(19-8-6-7-18(3)15-19)26(29(35)30(33)36)28(34)25-17-20-16-21(31)9-14-24(20)37-25/h6-17,27,35H,4-5H2,1-3H3. The van der Waals surface area contributed by atoms with Crippen molar-refractivity contribution in [3.63, 3.8) is 0 Å². The average Bonchev–Trinajstić information content (AvgIpc) is 3.43. The Kier molecular flexibility index (Phi) is 6.52. The molecule has 1 aliphatic heterocycles. The molecule has 1 amide bonds. The second-order valence-corrected chi connectivity index (χ2v) is 9.50. The number of amides is 1. The van der Waals surface area contributed by atoms with Crippen LogP contribution in [0.4, 0.5) is 11.4 Å². The molecular formula is C30H27ClN2O4. The zero-order valence-corrected chi connectivity index (χ0v) is 21.6. The number of nitrogens with zero attached hydrogens (tertiary/aromatic N) is 2. The largest absolute Gasteiger partial charge is 0.503 e. The number of halogens is 1. The van der Waals surface area contributed by atoms with Crippen LogP contribution in [0.3, 0.4) is 0 Å². The lowest BCUT2D eigenvalue weighted by Crippen LogP contribution is -2.31. The van der Waals surface area contributed by atoms with Crippen LogP contribution in [-0.2, 0) is 4.79 Å². The monoisotopic (exact) mass is 514 g/mol. The lowest BCUT2D eigenvalue weighted by Gasteiger charge is -2.28. The molecule has 0 radical (unpaired) electrons. The lowest BCUT2D eigenvalue weighted by molar-refractivity contribution is -0.117. The second kappa shape index (κ2) is 9.79. The Labute approximate surface area is 220 Å². The molecule has 0 bridgehead atoms. The van der Waals surface area contributed by atoms with Crippen molar-refractivity contribution >= 4 is 45.6 Å². The van der Waals surface area contributed by atoms with Gasteiger partial charge in [-0.3, -0.25) is 14.5 Å². The van der Waals surface area contributed by atoms with Gasteiger partial charge in [0.15, 0.2) is 11.5 Å². The Balaban J connectivity index is 1.61. The van der Waals surface area contributed by atoms with Crippen molar-refractivity contribution < 1.29 is 19.1 Å². The number of aryl methyl sites for hydroxylation is 1. The van der Waals surface area contributed by atoms with Crippen LogP contribution in [0.5, 0.6) is 0 Å². The molecular weight excluding hydrogens is 488 g/mol. The molecule has 0 spiro atoms. The van der Waals surface area contributed by atoms with Crippen molar-refractivity contribution in [1.29, 1.82) is 0 Å². The zero-order chi connectivity index (χ0) is 26.3. The predicted octanol–water partition coefficient (Wildman–Crippen LogP) is 7.02. The van der Waals surface area contributed by atoms with Crippen LogP contribution in [0.1, 0.15) is 41.6 Å². The molecule has 0 fully saturated rings. The molecule has 1 N–H and O–H groups in total. The van der Waals surface area contributed by atoms with Crippen LogP contribution in [0.15, 0.2) is 88.5 Å². The van der Waals surface area contributed by atoms with E-state index in [2.05, 4.69) is 18.7 Å². The van der Waals surface area contributed by atoms with E-state index in [0.29, 0.717) is 27.2 Å². The van der Waals surface area contributed by atoms with E-state index in [0.717, 1.165) is 24.3 Å². The Morgan fingerprint density at radius 1 is 1.03 bits per heavy atom. The van der Waals surface area contributed by atoms with Crippen molar-refractivity contribution in [1.82, 2.24) is 0 Å². The minimum Gasteiger partial charge on any atom is -0.503 e. The topological polar surface area (TPSA) is 74.0 Å². The quantitative estimate of drug-likeness (QED) is 0.268. The molecule has 0 saturated heterocycles. The van der Waals surface area contributed by atoms with Crippen LogP contribution in [0.25, 0.3) is 11.0 Å². The minimum absolute atomic E-state index is 0.0198. The highest BCUT2D eigenvalue weighted by molar-refractivity contribution is 6.31. The number of hydrogen-bond acceptors (Lipinski definition) is 5. The van der Waals surface area contributed by atoms with Crippen molar-refractivity contribution in [2.45, 2.75) is 26.8 Å². The molecule has 4 aromatic rings. The Hall–Kier alpha value is -4.03. The average molecular weight is 515 g/mol. The number of aliphatic hydroxyl groups excluding tert-OH is 1. The maximum atomic E-state index is 13.8. The van der Waals surface area contributed by atoms with Crippen molar-refractivity contribution in [3.8, 4) is 0 Å². The van der Waals surface area contributed by atoms with Crippen LogP contribution in [-0.4, -0.2) is 29.9 Å². The summed E-state index contributed by atoms with van der Waals surface area (Å²) in [7, 11) is 0. The van der Waals surface area contributed by atoms with Gasteiger partial charge in [0.25, 0.3) is 5.91 Å². The number of furan rings is 1. The normalized spacial score (nSPS) is 15.6. The summed E-state index contributed by atoms with van der Waals surface area (Å²) in [5.41, 5.74) is 3.77. The van der Waals surface area contributed by atoms with Crippen molar-refractivity contribution in [3.05, 3.63) is 106 Å². The fraction of sp³-hybridized carbons (Fsp3) is 0.200. The van der Waals surface area contributed by atoms with Gasteiger partial charge in [0.2, 0.25) is 5.78 Å². The maximum Gasteiger partial charge on any atom is 0.294 e. The molecule has 2 heterocycles. The lowest BCUT2D eigenvalue weighted by atomic mass is 9.94. The van der Waals surface area contributed by atoms with E-state index in [1.54, 1.807) is 24.3 Å². The Morgan fingerprint density at radius 2 is 1.76 bits per heavy atom. The van der Waals surface area contributed by atoms with Gasteiger partial charge in [-0.2, -0.15) is 0 Å². The van der Waals surface area contributed by atoms with Gasteiger partial charge in [-0.1, -0.05) is 41.4 Å². The van der Waals surface area contributed by atoms with Crippen LogP contribution >= 0.6 is 11.6 Å². The number of fused-ring (bicyclic) bond motifs is 1. The van der Waals surface area contributed by atoms with Gasteiger partial charge in [-0.25, -0.2) is 0 Å². The summed E-state index contributed by atoms with van der Waals surface area (Å²) < 4.78 is 5.81. The second-order valence-electron chi connectivity index (χ2n) is 9.06. The molecule has 1 aliphatic rings. The molecule has 5 rings (SSSR count). The number of carbonyl (C=O) groups is 2. The summed E-state index contributed by atoms with van der Waals surface area (Å²) in [4.78, 5) is 30.9. The number of rotatable bonds is 7. The molecule has 0 aliphatic carbocycles. The van der Waals surface area contributed by atoms with E-state index in [4.69, 9.17) is 16.0 Å². The SMILES string of the molecule is CCN(CC)c1ccc(N2C(=O)C(O)=C(C(=O)c3cc4cc(Cl)ccc4o3)C2c2cccc(C)c2)cc1. The molecule has 0 saturated carbocycles. The first-order chi connectivity index (χ1) is 17.8. The van der Waals surface area contributed by atoms with E-state index in [1.165, 1.54) is 4.90 Å².